The summed E-state index contributed by atoms with van der Waals surface area (Å²) >= 11 is 0. The van der Waals surface area contributed by atoms with Crippen molar-refractivity contribution in [3.63, 3.8) is 0 Å². The average molecular weight is 304 g/mol. The van der Waals surface area contributed by atoms with Crippen molar-refractivity contribution in [3.8, 4) is 11.5 Å². The maximum atomic E-state index is 12.7. The first-order valence-electron chi connectivity index (χ1n) is 6.49. The molecule has 0 amide bonds. The number of halogens is 3. The highest BCUT2D eigenvalue weighted by molar-refractivity contribution is 5.47. The lowest BCUT2D eigenvalue weighted by molar-refractivity contribution is -0.137. The molecule has 2 aromatic heterocycles. The molecule has 0 saturated carbocycles. The van der Waals surface area contributed by atoms with E-state index < -0.39 is 11.7 Å². The predicted octanol–water partition coefficient (Wildman–Crippen LogP) is 3.41. The molecule has 0 radical (unpaired) electrons. The molecule has 3 aromatic rings. The molecule has 0 spiro atoms. The van der Waals surface area contributed by atoms with E-state index >= 15 is 0 Å². The van der Waals surface area contributed by atoms with Crippen LogP contribution in [0.4, 0.5) is 13.2 Å². The minimum Gasteiger partial charge on any atom is -0.268 e. The van der Waals surface area contributed by atoms with Crippen LogP contribution < -0.4 is 0 Å². The Balaban J connectivity index is 1.81. The SMILES string of the molecule is FC(F)(F)c1cccc(Cn2ccc(-c3ncccn3)n2)c1. The van der Waals surface area contributed by atoms with E-state index in [1.165, 1.54) is 6.07 Å². The minimum absolute atomic E-state index is 0.247. The lowest BCUT2D eigenvalue weighted by Gasteiger charge is -2.08. The number of rotatable bonds is 3. The molecule has 7 heteroatoms. The number of nitrogens with zero attached hydrogens (tertiary/aromatic N) is 4. The molecule has 0 bridgehead atoms. The Kier molecular flexibility index (Phi) is 3.62. The van der Waals surface area contributed by atoms with Gasteiger partial charge in [-0.05, 0) is 29.8 Å². The van der Waals surface area contributed by atoms with Gasteiger partial charge in [0, 0.05) is 18.6 Å². The van der Waals surface area contributed by atoms with Gasteiger partial charge in [0.2, 0.25) is 0 Å². The smallest absolute Gasteiger partial charge is 0.268 e. The zero-order chi connectivity index (χ0) is 15.6. The third-order valence-corrected chi connectivity index (χ3v) is 3.03. The lowest BCUT2D eigenvalue weighted by atomic mass is 10.1. The molecule has 0 saturated heterocycles. The Bertz CT molecular complexity index is 766. The second-order valence-corrected chi connectivity index (χ2v) is 4.67. The highest BCUT2D eigenvalue weighted by Crippen LogP contribution is 2.29. The van der Waals surface area contributed by atoms with Crippen LogP contribution in [0.2, 0.25) is 0 Å². The second-order valence-electron chi connectivity index (χ2n) is 4.67. The topological polar surface area (TPSA) is 43.6 Å². The molecule has 2 heterocycles. The van der Waals surface area contributed by atoms with Crippen LogP contribution in [0.1, 0.15) is 11.1 Å². The van der Waals surface area contributed by atoms with Crippen LogP contribution in [0.3, 0.4) is 0 Å². The fourth-order valence-corrected chi connectivity index (χ4v) is 2.03. The first-order chi connectivity index (χ1) is 10.5. The summed E-state index contributed by atoms with van der Waals surface area (Å²) in [5.74, 6) is 0.477. The highest BCUT2D eigenvalue weighted by Gasteiger charge is 2.30. The Hall–Kier alpha value is -2.70. The number of hydrogen-bond acceptors (Lipinski definition) is 3. The quantitative estimate of drug-likeness (QED) is 0.745. The Labute approximate surface area is 124 Å². The predicted molar refractivity (Wildman–Crippen MR) is 73.8 cm³/mol. The molecule has 4 nitrogen and oxygen atoms in total. The van der Waals surface area contributed by atoms with Crippen molar-refractivity contribution in [2.24, 2.45) is 0 Å². The number of aromatic nitrogens is 4. The third kappa shape index (κ3) is 3.13. The van der Waals surface area contributed by atoms with Crippen LogP contribution in [0.15, 0.2) is 55.0 Å². The van der Waals surface area contributed by atoms with Gasteiger partial charge in [-0.2, -0.15) is 18.3 Å². The zero-order valence-electron chi connectivity index (χ0n) is 11.3. The first kappa shape index (κ1) is 14.2. The summed E-state index contributed by atoms with van der Waals surface area (Å²) in [5, 5.41) is 4.28. The molecule has 0 aliphatic carbocycles. The molecule has 0 N–H and O–H groups in total. The summed E-state index contributed by atoms with van der Waals surface area (Å²) in [6.45, 7) is 0.247. The van der Waals surface area contributed by atoms with Crippen molar-refractivity contribution < 1.29 is 13.2 Å². The molecule has 1 aromatic carbocycles. The third-order valence-electron chi connectivity index (χ3n) is 3.03. The highest BCUT2D eigenvalue weighted by atomic mass is 19.4. The van der Waals surface area contributed by atoms with Crippen LogP contribution in [-0.4, -0.2) is 19.7 Å². The lowest BCUT2D eigenvalue weighted by Crippen LogP contribution is -2.07. The number of benzene rings is 1. The molecule has 0 unspecified atom stereocenters. The molecule has 0 fully saturated rings. The van der Waals surface area contributed by atoms with E-state index in [1.807, 2.05) is 0 Å². The summed E-state index contributed by atoms with van der Waals surface area (Å²) < 4.78 is 39.6. The van der Waals surface area contributed by atoms with Gasteiger partial charge in [-0.15, -0.1) is 0 Å². The Morgan fingerprint density at radius 2 is 1.77 bits per heavy atom. The summed E-state index contributed by atoms with van der Waals surface area (Å²) in [5.41, 5.74) is 0.440. The molecule has 22 heavy (non-hydrogen) atoms. The van der Waals surface area contributed by atoms with Gasteiger partial charge < -0.3 is 0 Å². The van der Waals surface area contributed by atoms with Crippen LogP contribution in [-0.2, 0) is 12.7 Å². The maximum Gasteiger partial charge on any atom is 0.416 e. The van der Waals surface area contributed by atoms with E-state index in [2.05, 4.69) is 15.1 Å². The van der Waals surface area contributed by atoms with Crippen LogP contribution in [0, 0.1) is 0 Å². The number of alkyl halides is 3. The first-order valence-corrected chi connectivity index (χ1v) is 6.49. The zero-order valence-corrected chi connectivity index (χ0v) is 11.3. The number of hydrogen-bond donors (Lipinski definition) is 0. The van der Waals surface area contributed by atoms with Gasteiger partial charge in [-0.25, -0.2) is 9.97 Å². The van der Waals surface area contributed by atoms with Gasteiger partial charge >= 0.3 is 6.18 Å². The van der Waals surface area contributed by atoms with Crippen molar-refractivity contribution in [1.82, 2.24) is 19.7 Å². The summed E-state index contributed by atoms with van der Waals surface area (Å²) in [7, 11) is 0. The van der Waals surface area contributed by atoms with Crippen molar-refractivity contribution in [3.05, 3.63) is 66.1 Å². The summed E-state index contributed by atoms with van der Waals surface area (Å²) in [6.07, 6.45) is 0.553. The van der Waals surface area contributed by atoms with Gasteiger partial charge in [0.1, 0.15) is 5.69 Å². The van der Waals surface area contributed by atoms with Gasteiger partial charge in [0.15, 0.2) is 5.82 Å². The Morgan fingerprint density at radius 1 is 1.00 bits per heavy atom. The molecule has 0 aliphatic rings. The monoisotopic (exact) mass is 304 g/mol. The molecule has 112 valence electrons. The standard InChI is InChI=1S/C15H11F3N4/c16-15(17,18)12-4-1-3-11(9-12)10-22-8-5-13(21-22)14-19-6-2-7-20-14/h1-9H,10H2. The normalized spacial score (nSPS) is 11.6. The molecule has 0 atom stereocenters. The van der Waals surface area contributed by atoms with Gasteiger partial charge in [0.25, 0.3) is 0 Å². The largest absolute Gasteiger partial charge is 0.416 e. The van der Waals surface area contributed by atoms with Crippen molar-refractivity contribution in [1.29, 1.82) is 0 Å². The van der Waals surface area contributed by atoms with Crippen LogP contribution in [0.5, 0.6) is 0 Å². The fourth-order valence-electron chi connectivity index (χ4n) is 2.03. The molecule has 0 aliphatic heterocycles. The Morgan fingerprint density at radius 3 is 2.50 bits per heavy atom. The van der Waals surface area contributed by atoms with E-state index in [0.29, 0.717) is 17.1 Å². The summed E-state index contributed by atoms with van der Waals surface area (Å²) in [4.78, 5) is 8.16. The summed E-state index contributed by atoms with van der Waals surface area (Å²) in [6, 6.07) is 8.63. The van der Waals surface area contributed by atoms with Gasteiger partial charge in [-0.1, -0.05) is 12.1 Å². The second kappa shape index (κ2) is 5.59. The van der Waals surface area contributed by atoms with E-state index in [0.717, 1.165) is 12.1 Å². The van der Waals surface area contributed by atoms with Crippen molar-refractivity contribution >= 4 is 0 Å². The minimum atomic E-state index is -4.34. The van der Waals surface area contributed by atoms with Crippen LogP contribution >= 0.6 is 0 Å². The maximum absolute atomic E-state index is 12.7. The van der Waals surface area contributed by atoms with Crippen molar-refractivity contribution in [2.75, 3.05) is 0 Å². The molecule has 3 rings (SSSR count). The molecular weight excluding hydrogens is 293 g/mol. The van der Waals surface area contributed by atoms with Gasteiger partial charge in [0.05, 0.1) is 12.1 Å². The molecular formula is C15H11F3N4. The van der Waals surface area contributed by atoms with E-state index in [-0.39, 0.29) is 6.54 Å². The average Bonchev–Trinajstić information content (AvgIpc) is 2.96. The van der Waals surface area contributed by atoms with E-state index in [9.17, 15) is 13.2 Å². The van der Waals surface area contributed by atoms with Crippen LogP contribution in [0.25, 0.3) is 11.5 Å². The van der Waals surface area contributed by atoms with Gasteiger partial charge in [-0.3, -0.25) is 4.68 Å². The van der Waals surface area contributed by atoms with E-state index in [1.54, 1.807) is 41.5 Å². The fraction of sp³-hybridized carbons (Fsp3) is 0.133. The van der Waals surface area contributed by atoms with Crippen molar-refractivity contribution in [2.45, 2.75) is 12.7 Å². The van der Waals surface area contributed by atoms with E-state index in [4.69, 9.17) is 0 Å².